The maximum atomic E-state index is 12.9. The average Bonchev–Trinajstić information content (AvgIpc) is 3.06. The summed E-state index contributed by atoms with van der Waals surface area (Å²) in [6, 6.07) is 9.09. The van der Waals surface area contributed by atoms with Gasteiger partial charge in [-0.05, 0) is 42.5 Å². The van der Waals surface area contributed by atoms with Gasteiger partial charge in [0.2, 0.25) is 5.91 Å². The van der Waals surface area contributed by atoms with E-state index in [4.69, 9.17) is 27.9 Å². The van der Waals surface area contributed by atoms with Crippen molar-refractivity contribution < 1.29 is 28.3 Å². The van der Waals surface area contributed by atoms with E-state index in [0.29, 0.717) is 5.02 Å². The number of ether oxygens (including phenoxy) is 1. The number of nitrogens with zero attached hydrogens (tertiary/aromatic N) is 1. The fourth-order valence-electron chi connectivity index (χ4n) is 2.80. The first-order chi connectivity index (χ1) is 14.2. The Morgan fingerprint density at radius 3 is 2.50 bits per heavy atom. The lowest BCUT2D eigenvalue weighted by Gasteiger charge is -2.18. The van der Waals surface area contributed by atoms with Gasteiger partial charge in [0.15, 0.2) is 12.4 Å². The van der Waals surface area contributed by atoms with E-state index >= 15 is 0 Å². The zero-order valence-corrected chi connectivity index (χ0v) is 16.9. The number of ketones is 1. The van der Waals surface area contributed by atoms with Crippen LogP contribution in [0.5, 0.6) is 0 Å². The Morgan fingerprint density at radius 2 is 1.83 bits per heavy atom. The lowest BCUT2D eigenvalue weighted by atomic mass is 10.1. The highest BCUT2D eigenvalue weighted by Crippen LogP contribution is 2.22. The number of halogens is 3. The first-order valence-corrected chi connectivity index (χ1v) is 9.52. The van der Waals surface area contributed by atoms with Crippen molar-refractivity contribution >= 4 is 46.8 Å². The largest absolute Gasteiger partial charge is 0.457 e. The molecule has 0 bridgehead atoms. The van der Waals surface area contributed by atoms with Gasteiger partial charge in [0.25, 0.3) is 5.91 Å². The van der Waals surface area contributed by atoms with E-state index in [1.807, 2.05) is 0 Å². The third-order valence-corrected chi connectivity index (χ3v) is 4.93. The Morgan fingerprint density at radius 1 is 1.13 bits per heavy atom. The van der Waals surface area contributed by atoms with Gasteiger partial charge < -0.3 is 4.74 Å². The zero-order valence-electron chi connectivity index (χ0n) is 15.4. The number of hydrogen-bond acceptors (Lipinski definition) is 5. The van der Waals surface area contributed by atoms with Crippen molar-refractivity contribution in [2.75, 3.05) is 13.2 Å². The van der Waals surface area contributed by atoms with Gasteiger partial charge in [0, 0.05) is 17.0 Å². The van der Waals surface area contributed by atoms with E-state index in [-0.39, 0.29) is 29.1 Å². The van der Waals surface area contributed by atoms with Crippen molar-refractivity contribution in [3.05, 3.63) is 69.5 Å². The maximum Gasteiger partial charge on any atom is 0.311 e. The SMILES string of the molecule is O=C(COC(=O)C1CC(=O)N(NC(=O)c2ccc(Cl)cc2Cl)C1)c1ccc(F)cc1. The van der Waals surface area contributed by atoms with Gasteiger partial charge in [0.1, 0.15) is 5.82 Å². The summed E-state index contributed by atoms with van der Waals surface area (Å²) in [4.78, 5) is 48.7. The molecule has 1 aliphatic heterocycles. The molecule has 1 unspecified atom stereocenters. The van der Waals surface area contributed by atoms with E-state index < -0.39 is 41.9 Å². The number of carbonyl (C=O) groups excluding carboxylic acids is 4. The number of carbonyl (C=O) groups is 4. The first-order valence-electron chi connectivity index (χ1n) is 8.76. The molecule has 1 heterocycles. The number of hydrogen-bond donors (Lipinski definition) is 1. The second kappa shape index (κ2) is 9.23. The zero-order chi connectivity index (χ0) is 21.8. The van der Waals surface area contributed by atoms with E-state index in [9.17, 15) is 23.6 Å². The van der Waals surface area contributed by atoms with Gasteiger partial charge in [-0.3, -0.25) is 29.6 Å². The van der Waals surface area contributed by atoms with Crippen LogP contribution in [-0.2, 0) is 14.3 Å². The van der Waals surface area contributed by atoms with Crippen LogP contribution in [0.4, 0.5) is 4.39 Å². The predicted octanol–water partition coefficient (Wildman–Crippen LogP) is 3.05. The fraction of sp³-hybridized carbons (Fsp3) is 0.200. The van der Waals surface area contributed by atoms with Gasteiger partial charge in [0.05, 0.1) is 23.0 Å². The second-order valence-electron chi connectivity index (χ2n) is 6.51. The molecule has 1 N–H and O–H groups in total. The molecule has 156 valence electrons. The number of hydrazine groups is 1. The number of Topliss-reactive ketones (excluding diaryl/α,β-unsaturated/α-hetero) is 1. The summed E-state index contributed by atoms with van der Waals surface area (Å²) in [5.74, 6) is -3.71. The third kappa shape index (κ3) is 5.14. The normalized spacial score (nSPS) is 15.8. The van der Waals surface area contributed by atoms with Crippen LogP contribution in [0.3, 0.4) is 0 Å². The predicted molar refractivity (Wildman–Crippen MR) is 105 cm³/mol. The quantitative estimate of drug-likeness (QED) is 0.536. The molecule has 30 heavy (non-hydrogen) atoms. The summed E-state index contributed by atoms with van der Waals surface area (Å²) in [5, 5.41) is 1.47. The molecule has 2 aromatic rings. The average molecular weight is 453 g/mol. The van der Waals surface area contributed by atoms with Crippen molar-refractivity contribution in [1.82, 2.24) is 10.4 Å². The van der Waals surface area contributed by atoms with Crippen LogP contribution in [0, 0.1) is 11.7 Å². The molecule has 0 saturated carbocycles. The molecule has 0 spiro atoms. The third-order valence-electron chi connectivity index (χ3n) is 4.38. The molecule has 2 aromatic carbocycles. The number of rotatable bonds is 6. The molecular formula is C20H15Cl2FN2O5. The minimum Gasteiger partial charge on any atom is -0.457 e. The molecule has 1 aliphatic rings. The van der Waals surface area contributed by atoms with E-state index in [2.05, 4.69) is 5.43 Å². The van der Waals surface area contributed by atoms with Gasteiger partial charge >= 0.3 is 5.97 Å². The van der Waals surface area contributed by atoms with Crippen LogP contribution < -0.4 is 5.43 Å². The highest BCUT2D eigenvalue weighted by molar-refractivity contribution is 6.36. The van der Waals surface area contributed by atoms with E-state index in [0.717, 1.165) is 17.1 Å². The monoisotopic (exact) mass is 452 g/mol. The highest BCUT2D eigenvalue weighted by Gasteiger charge is 2.37. The summed E-state index contributed by atoms with van der Waals surface area (Å²) >= 11 is 11.8. The lowest BCUT2D eigenvalue weighted by Crippen LogP contribution is -2.43. The standard InChI is InChI=1S/C20H15Cl2FN2O5/c21-13-3-6-15(16(22)8-13)19(28)24-25-9-12(7-18(25)27)20(29)30-10-17(26)11-1-4-14(23)5-2-11/h1-6,8,12H,7,9-10H2,(H,24,28). The molecule has 1 saturated heterocycles. The topological polar surface area (TPSA) is 92.8 Å². The Hall–Kier alpha value is -2.97. The molecule has 3 rings (SSSR count). The Labute approximate surface area is 180 Å². The highest BCUT2D eigenvalue weighted by atomic mass is 35.5. The van der Waals surface area contributed by atoms with Crippen molar-refractivity contribution in [1.29, 1.82) is 0 Å². The number of amides is 2. The Kier molecular flexibility index (Phi) is 6.69. The lowest BCUT2D eigenvalue weighted by molar-refractivity contribution is -0.147. The summed E-state index contributed by atoms with van der Waals surface area (Å²) in [6.07, 6.45) is -0.182. The van der Waals surface area contributed by atoms with Crippen LogP contribution in [-0.4, -0.2) is 41.7 Å². The molecular weight excluding hydrogens is 438 g/mol. The van der Waals surface area contributed by atoms with Crippen molar-refractivity contribution in [2.45, 2.75) is 6.42 Å². The molecule has 1 atom stereocenters. The second-order valence-corrected chi connectivity index (χ2v) is 7.35. The summed E-state index contributed by atoms with van der Waals surface area (Å²) in [6.45, 7) is -0.652. The minimum absolute atomic E-state index is 0.112. The molecule has 0 aliphatic carbocycles. The Bertz CT molecular complexity index is 1010. The van der Waals surface area contributed by atoms with Crippen molar-refractivity contribution in [2.24, 2.45) is 5.92 Å². The van der Waals surface area contributed by atoms with Gasteiger partial charge in [-0.1, -0.05) is 23.2 Å². The number of benzene rings is 2. The summed E-state index contributed by atoms with van der Waals surface area (Å²) in [7, 11) is 0. The fourth-order valence-corrected chi connectivity index (χ4v) is 3.30. The van der Waals surface area contributed by atoms with E-state index in [1.165, 1.54) is 30.3 Å². The molecule has 0 aromatic heterocycles. The number of esters is 1. The van der Waals surface area contributed by atoms with E-state index in [1.54, 1.807) is 0 Å². The first kappa shape index (κ1) is 21.7. The number of nitrogens with one attached hydrogen (secondary N) is 1. The smallest absolute Gasteiger partial charge is 0.311 e. The van der Waals surface area contributed by atoms with Crippen LogP contribution in [0.15, 0.2) is 42.5 Å². The summed E-state index contributed by atoms with van der Waals surface area (Å²) in [5.41, 5.74) is 2.70. The molecule has 7 nitrogen and oxygen atoms in total. The van der Waals surface area contributed by atoms with Gasteiger partial charge in [-0.15, -0.1) is 0 Å². The van der Waals surface area contributed by atoms with Crippen molar-refractivity contribution in [3.63, 3.8) is 0 Å². The van der Waals surface area contributed by atoms with Crippen molar-refractivity contribution in [3.8, 4) is 0 Å². The summed E-state index contributed by atoms with van der Waals surface area (Å²) < 4.78 is 17.9. The van der Waals surface area contributed by atoms with Crippen LogP contribution >= 0.6 is 23.2 Å². The molecule has 10 heteroatoms. The van der Waals surface area contributed by atoms with Crippen LogP contribution in [0.25, 0.3) is 0 Å². The maximum absolute atomic E-state index is 12.9. The van der Waals surface area contributed by atoms with Crippen LogP contribution in [0.2, 0.25) is 10.0 Å². The minimum atomic E-state index is -0.848. The van der Waals surface area contributed by atoms with Gasteiger partial charge in [-0.25, -0.2) is 4.39 Å². The van der Waals surface area contributed by atoms with Gasteiger partial charge in [-0.2, -0.15) is 0 Å². The molecule has 2 amide bonds. The molecule has 0 radical (unpaired) electrons. The molecule has 1 fully saturated rings. The Balaban J connectivity index is 1.54. The van der Waals surface area contributed by atoms with Crippen LogP contribution in [0.1, 0.15) is 27.1 Å².